The van der Waals surface area contributed by atoms with Gasteiger partial charge in [0.2, 0.25) is 0 Å². The number of ether oxygens (including phenoxy) is 1. The number of esters is 1. The van der Waals surface area contributed by atoms with E-state index in [9.17, 15) is 9.90 Å². The number of cyclic esters (lactones) is 1. The molecule has 1 aromatic rings. The SMILES string of the molecule is O=C1CCC[C@H](c2ccc(O)c(O)c2)O1. The van der Waals surface area contributed by atoms with Crippen LogP contribution in [0.4, 0.5) is 0 Å². The summed E-state index contributed by atoms with van der Waals surface area (Å²) in [6.07, 6.45) is 1.72. The average molecular weight is 208 g/mol. The molecule has 1 saturated heterocycles. The van der Waals surface area contributed by atoms with Crippen molar-refractivity contribution in [3.63, 3.8) is 0 Å². The van der Waals surface area contributed by atoms with Crippen molar-refractivity contribution in [2.24, 2.45) is 0 Å². The number of phenolic OH excluding ortho intramolecular Hbond substituents is 2. The monoisotopic (exact) mass is 208 g/mol. The lowest BCUT2D eigenvalue weighted by Crippen LogP contribution is -2.16. The smallest absolute Gasteiger partial charge is 0.306 e. The van der Waals surface area contributed by atoms with Crippen molar-refractivity contribution in [3.05, 3.63) is 23.8 Å². The molecule has 4 heteroatoms. The lowest BCUT2D eigenvalue weighted by molar-refractivity contribution is -0.154. The molecule has 15 heavy (non-hydrogen) atoms. The van der Waals surface area contributed by atoms with Crippen LogP contribution < -0.4 is 0 Å². The van der Waals surface area contributed by atoms with Gasteiger partial charge in [-0.25, -0.2) is 0 Å². The lowest BCUT2D eigenvalue weighted by Gasteiger charge is -2.22. The van der Waals surface area contributed by atoms with Crippen molar-refractivity contribution in [1.82, 2.24) is 0 Å². The van der Waals surface area contributed by atoms with Crippen LogP contribution in [0.25, 0.3) is 0 Å². The molecule has 0 saturated carbocycles. The van der Waals surface area contributed by atoms with Gasteiger partial charge in [-0.2, -0.15) is 0 Å². The highest BCUT2D eigenvalue weighted by Crippen LogP contribution is 2.33. The third-order valence-electron chi connectivity index (χ3n) is 2.49. The first-order valence-corrected chi connectivity index (χ1v) is 4.88. The number of carbonyl (C=O) groups is 1. The Hall–Kier alpha value is -1.71. The Morgan fingerprint density at radius 1 is 1.27 bits per heavy atom. The first kappa shape index (κ1) is 9.83. The number of aromatic hydroxyl groups is 2. The quantitative estimate of drug-likeness (QED) is 0.546. The second kappa shape index (κ2) is 3.81. The highest BCUT2D eigenvalue weighted by atomic mass is 16.5. The summed E-state index contributed by atoms with van der Waals surface area (Å²) >= 11 is 0. The fourth-order valence-electron chi connectivity index (χ4n) is 1.68. The molecule has 0 amide bonds. The lowest BCUT2D eigenvalue weighted by atomic mass is 10.0. The molecule has 0 radical (unpaired) electrons. The molecule has 0 aliphatic carbocycles. The van der Waals surface area contributed by atoms with E-state index in [1.807, 2.05) is 0 Å². The van der Waals surface area contributed by atoms with Gasteiger partial charge >= 0.3 is 5.97 Å². The van der Waals surface area contributed by atoms with Crippen LogP contribution in [0.15, 0.2) is 18.2 Å². The molecule has 1 heterocycles. The minimum Gasteiger partial charge on any atom is -0.504 e. The second-order valence-corrected chi connectivity index (χ2v) is 3.62. The summed E-state index contributed by atoms with van der Waals surface area (Å²) in [6.45, 7) is 0. The summed E-state index contributed by atoms with van der Waals surface area (Å²) in [7, 11) is 0. The first-order valence-electron chi connectivity index (χ1n) is 4.88. The summed E-state index contributed by atoms with van der Waals surface area (Å²) in [6, 6.07) is 4.48. The zero-order valence-electron chi connectivity index (χ0n) is 8.14. The Labute approximate surface area is 87.1 Å². The molecular weight excluding hydrogens is 196 g/mol. The molecule has 1 aliphatic rings. The van der Waals surface area contributed by atoms with Crippen LogP contribution in [-0.2, 0) is 9.53 Å². The summed E-state index contributed by atoms with van der Waals surface area (Å²) in [5, 5.41) is 18.4. The standard InChI is InChI=1S/C11H12O4/c12-8-5-4-7(6-9(8)13)10-2-1-3-11(14)15-10/h4-6,10,12-13H,1-3H2/t10-/m1/s1. The van der Waals surface area contributed by atoms with E-state index in [-0.39, 0.29) is 23.6 Å². The fourth-order valence-corrected chi connectivity index (χ4v) is 1.68. The van der Waals surface area contributed by atoms with Crippen molar-refractivity contribution in [3.8, 4) is 11.5 Å². The minimum atomic E-state index is -0.294. The number of rotatable bonds is 1. The van der Waals surface area contributed by atoms with Crippen LogP contribution >= 0.6 is 0 Å². The summed E-state index contributed by atoms with van der Waals surface area (Å²) in [5.41, 5.74) is 0.721. The molecule has 1 atom stereocenters. The van der Waals surface area contributed by atoms with Gasteiger partial charge in [0.25, 0.3) is 0 Å². The van der Waals surface area contributed by atoms with E-state index >= 15 is 0 Å². The maximum atomic E-state index is 11.1. The zero-order valence-corrected chi connectivity index (χ0v) is 8.14. The molecule has 1 aromatic carbocycles. The predicted octanol–water partition coefficient (Wildman–Crippen LogP) is 1.87. The molecule has 0 unspecified atom stereocenters. The Kier molecular flexibility index (Phi) is 2.49. The Balaban J connectivity index is 2.21. The van der Waals surface area contributed by atoms with Crippen molar-refractivity contribution < 1.29 is 19.7 Å². The second-order valence-electron chi connectivity index (χ2n) is 3.62. The number of hydrogen-bond donors (Lipinski definition) is 2. The van der Waals surface area contributed by atoms with Gasteiger partial charge in [-0.3, -0.25) is 4.79 Å². The molecule has 80 valence electrons. The summed E-state index contributed by atoms with van der Waals surface area (Å²) < 4.78 is 5.14. The van der Waals surface area contributed by atoms with Crippen LogP contribution in [0.3, 0.4) is 0 Å². The minimum absolute atomic E-state index is 0.166. The van der Waals surface area contributed by atoms with E-state index < -0.39 is 0 Å². The van der Waals surface area contributed by atoms with Gasteiger partial charge in [0.05, 0.1) is 0 Å². The van der Waals surface area contributed by atoms with E-state index in [4.69, 9.17) is 9.84 Å². The van der Waals surface area contributed by atoms with E-state index in [2.05, 4.69) is 0 Å². The van der Waals surface area contributed by atoms with Crippen LogP contribution in [0, 0.1) is 0 Å². The number of phenols is 2. The molecule has 0 spiro atoms. The van der Waals surface area contributed by atoms with E-state index in [0.717, 1.165) is 18.4 Å². The average Bonchev–Trinajstić information content (AvgIpc) is 2.22. The van der Waals surface area contributed by atoms with E-state index in [1.165, 1.54) is 12.1 Å². The molecule has 0 aromatic heterocycles. The number of hydrogen-bond acceptors (Lipinski definition) is 4. The Bertz CT molecular complexity index is 386. The van der Waals surface area contributed by atoms with Gasteiger partial charge < -0.3 is 14.9 Å². The van der Waals surface area contributed by atoms with Gasteiger partial charge in [0, 0.05) is 6.42 Å². The molecule has 1 aliphatic heterocycles. The first-order chi connectivity index (χ1) is 7.16. The Morgan fingerprint density at radius 3 is 2.73 bits per heavy atom. The number of benzene rings is 1. The van der Waals surface area contributed by atoms with E-state index in [1.54, 1.807) is 6.07 Å². The predicted molar refractivity (Wildman–Crippen MR) is 52.5 cm³/mol. The molecule has 4 nitrogen and oxygen atoms in total. The van der Waals surface area contributed by atoms with Gasteiger partial charge in [-0.05, 0) is 30.5 Å². The molecule has 2 rings (SSSR count). The van der Waals surface area contributed by atoms with Gasteiger partial charge in [0.1, 0.15) is 6.10 Å². The molecule has 2 N–H and O–H groups in total. The normalized spacial score (nSPS) is 21.1. The van der Waals surface area contributed by atoms with Crippen LogP contribution in [0.5, 0.6) is 11.5 Å². The highest BCUT2D eigenvalue weighted by Gasteiger charge is 2.22. The van der Waals surface area contributed by atoms with Gasteiger partial charge in [-0.15, -0.1) is 0 Å². The van der Waals surface area contributed by atoms with Crippen molar-refractivity contribution in [2.75, 3.05) is 0 Å². The van der Waals surface area contributed by atoms with Crippen LogP contribution in [-0.4, -0.2) is 16.2 Å². The third kappa shape index (κ3) is 2.03. The van der Waals surface area contributed by atoms with E-state index in [0.29, 0.717) is 6.42 Å². The van der Waals surface area contributed by atoms with Gasteiger partial charge in [0.15, 0.2) is 11.5 Å². The zero-order chi connectivity index (χ0) is 10.8. The molecule has 0 bridgehead atoms. The van der Waals surface area contributed by atoms with Crippen molar-refractivity contribution >= 4 is 5.97 Å². The van der Waals surface area contributed by atoms with Crippen LogP contribution in [0.1, 0.15) is 30.9 Å². The maximum absolute atomic E-state index is 11.1. The summed E-state index contributed by atoms with van der Waals surface area (Å²) in [4.78, 5) is 11.1. The largest absolute Gasteiger partial charge is 0.504 e. The highest BCUT2D eigenvalue weighted by molar-refractivity contribution is 5.70. The number of carbonyl (C=O) groups excluding carboxylic acids is 1. The Morgan fingerprint density at radius 2 is 2.07 bits per heavy atom. The molecule has 1 fully saturated rings. The summed E-state index contributed by atoms with van der Waals surface area (Å²) in [5.74, 6) is -0.561. The van der Waals surface area contributed by atoms with Crippen molar-refractivity contribution in [1.29, 1.82) is 0 Å². The topological polar surface area (TPSA) is 66.8 Å². The molecular formula is C11H12O4. The van der Waals surface area contributed by atoms with Crippen molar-refractivity contribution in [2.45, 2.75) is 25.4 Å². The van der Waals surface area contributed by atoms with Gasteiger partial charge in [-0.1, -0.05) is 6.07 Å². The maximum Gasteiger partial charge on any atom is 0.306 e. The van der Waals surface area contributed by atoms with Crippen LogP contribution in [0.2, 0.25) is 0 Å². The third-order valence-corrected chi connectivity index (χ3v) is 2.49. The fraction of sp³-hybridized carbons (Fsp3) is 0.364.